The Bertz CT molecular complexity index is 784. The van der Waals surface area contributed by atoms with Gasteiger partial charge in [0, 0.05) is 26.2 Å². The van der Waals surface area contributed by atoms with E-state index in [-0.39, 0.29) is 29.2 Å². The van der Waals surface area contributed by atoms with Crippen LogP contribution in [0, 0.1) is 29.5 Å². The van der Waals surface area contributed by atoms with E-state index < -0.39 is 11.9 Å². The first-order chi connectivity index (χ1) is 12.6. The van der Waals surface area contributed by atoms with Crippen LogP contribution in [0.4, 0.5) is 9.18 Å². The second-order valence-electron chi connectivity index (χ2n) is 8.45. The van der Waals surface area contributed by atoms with Gasteiger partial charge in [0.2, 0.25) is 0 Å². The normalized spacial score (nSPS) is 26.4. The molecular weight excluding hydrogens is 349 g/mol. The van der Waals surface area contributed by atoms with Crippen LogP contribution in [0.15, 0.2) is 12.1 Å². The van der Waals surface area contributed by atoms with Gasteiger partial charge in [-0.2, -0.15) is 5.26 Å². The van der Waals surface area contributed by atoms with Gasteiger partial charge >= 0.3 is 6.09 Å². The Kier molecular flexibility index (Phi) is 5.15. The van der Waals surface area contributed by atoms with E-state index in [0.717, 1.165) is 5.56 Å². The van der Waals surface area contributed by atoms with E-state index in [1.807, 2.05) is 6.07 Å². The molecule has 1 aromatic carbocycles. The number of benzene rings is 1. The van der Waals surface area contributed by atoms with E-state index in [9.17, 15) is 19.6 Å². The first-order valence-corrected chi connectivity index (χ1v) is 9.20. The number of nitrogens with zero attached hydrogens (tertiary/aromatic N) is 3. The number of morpholine rings is 1. The van der Waals surface area contributed by atoms with Crippen LogP contribution in [0.3, 0.4) is 0 Å². The van der Waals surface area contributed by atoms with E-state index in [1.54, 1.807) is 13.0 Å². The predicted octanol–water partition coefficient (Wildman–Crippen LogP) is 3.16. The maximum Gasteiger partial charge on any atom is 0.407 e. The number of ether oxygens (including phenoxy) is 1. The molecule has 2 aliphatic rings. The first kappa shape index (κ1) is 19.6. The molecule has 0 aromatic heterocycles. The zero-order valence-corrected chi connectivity index (χ0v) is 16.2. The lowest BCUT2D eigenvalue weighted by atomic mass is 9.81. The van der Waals surface area contributed by atoms with Crippen LogP contribution < -0.4 is 0 Å². The van der Waals surface area contributed by atoms with Gasteiger partial charge in [-0.05, 0) is 29.5 Å². The summed E-state index contributed by atoms with van der Waals surface area (Å²) in [6.07, 6.45) is -1.37. The van der Waals surface area contributed by atoms with Crippen LogP contribution in [0.25, 0.3) is 0 Å². The van der Waals surface area contributed by atoms with Crippen molar-refractivity contribution in [3.8, 4) is 6.07 Å². The van der Waals surface area contributed by atoms with Gasteiger partial charge in [-0.15, -0.1) is 0 Å². The Morgan fingerprint density at radius 2 is 2.04 bits per heavy atom. The van der Waals surface area contributed by atoms with E-state index in [4.69, 9.17) is 4.74 Å². The van der Waals surface area contributed by atoms with Gasteiger partial charge in [0.15, 0.2) is 0 Å². The van der Waals surface area contributed by atoms with Gasteiger partial charge in [0.25, 0.3) is 0 Å². The minimum atomic E-state index is -0.905. The summed E-state index contributed by atoms with van der Waals surface area (Å²) in [6, 6.07) is 4.94. The number of hydrogen-bond acceptors (Lipinski definition) is 4. The SMILES string of the molecule is Cc1c([C@@H]2CN3CCN(C(=O)O)C[C@@H]3C(C(C)(C)C)O2)ccc(F)c1C#N. The second kappa shape index (κ2) is 7.10. The number of fused-ring (bicyclic) bond motifs is 1. The smallest absolute Gasteiger partial charge is 0.407 e. The molecule has 1 amide bonds. The molecule has 3 atom stereocenters. The van der Waals surface area contributed by atoms with Gasteiger partial charge in [-0.1, -0.05) is 26.8 Å². The lowest BCUT2D eigenvalue weighted by Gasteiger charge is -2.53. The monoisotopic (exact) mass is 375 g/mol. The number of halogens is 1. The van der Waals surface area contributed by atoms with Gasteiger partial charge in [0.05, 0.1) is 23.8 Å². The molecule has 2 saturated heterocycles. The lowest BCUT2D eigenvalue weighted by Crippen LogP contribution is -2.65. The Labute approximate surface area is 159 Å². The maximum absolute atomic E-state index is 13.9. The van der Waals surface area contributed by atoms with Crippen LogP contribution >= 0.6 is 0 Å². The maximum atomic E-state index is 13.9. The van der Waals surface area contributed by atoms with Gasteiger partial charge in [-0.3, -0.25) is 4.90 Å². The standard InChI is InChI=1S/C20H26FN3O3/c1-12-13(5-6-15(21)14(12)9-22)17-11-23-7-8-24(19(25)26)10-16(23)18(27-17)20(2,3)4/h5-6,16-18H,7-8,10-11H2,1-4H3,(H,25,26)/t16-,17+,18?/m1/s1. The molecule has 0 bridgehead atoms. The fourth-order valence-electron chi connectivity index (χ4n) is 4.19. The van der Waals surface area contributed by atoms with E-state index in [0.29, 0.717) is 31.7 Å². The third-order valence-electron chi connectivity index (χ3n) is 5.63. The lowest BCUT2D eigenvalue weighted by molar-refractivity contribution is -0.173. The van der Waals surface area contributed by atoms with Crippen LogP contribution in [0.1, 0.15) is 43.6 Å². The highest BCUT2D eigenvalue weighted by molar-refractivity contribution is 5.65. The zero-order valence-electron chi connectivity index (χ0n) is 16.2. The molecule has 7 heteroatoms. The highest BCUT2D eigenvalue weighted by atomic mass is 19.1. The molecule has 0 radical (unpaired) electrons. The van der Waals surface area contributed by atoms with Crippen LogP contribution in [-0.4, -0.2) is 59.3 Å². The van der Waals surface area contributed by atoms with Crippen molar-refractivity contribution in [2.45, 2.75) is 45.9 Å². The molecule has 146 valence electrons. The predicted molar refractivity (Wildman–Crippen MR) is 97.9 cm³/mol. The average Bonchev–Trinajstić information content (AvgIpc) is 2.60. The summed E-state index contributed by atoms with van der Waals surface area (Å²) in [6.45, 7) is 10.1. The second-order valence-corrected chi connectivity index (χ2v) is 8.45. The van der Waals surface area contributed by atoms with Crippen molar-refractivity contribution in [2.24, 2.45) is 5.41 Å². The highest BCUT2D eigenvalue weighted by Gasteiger charge is 2.46. The number of carboxylic acid groups (broad SMARTS) is 1. The third kappa shape index (κ3) is 3.64. The molecule has 1 unspecified atom stereocenters. The number of carbonyl (C=O) groups is 1. The van der Waals surface area contributed by atoms with Gasteiger partial charge in [0.1, 0.15) is 11.9 Å². The first-order valence-electron chi connectivity index (χ1n) is 9.20. The van der Waals surface area contributed by atoms with Crippen molar-refractivity contribution in [3.63, 3.8) is 0 Å². The van der Waals surface area contributed by atoms with Crippen LogP contribution in [-0.2, 0) is 4.74 Å². The number of nitriles is 1. The summed E-state index contributed by atoms with van der Waals surface area (Å²) in [5.41, 5.74) is 1.29. The third-order valence-corrected chi connectivity index (χ3v) is 5.63. The van der Waals surface area contributed by atoms with Gasteiger partial charge < -0.3 is 14.7 Å². The molecular formula is C20H26FN3O3. The summed E-state index contributed by atoms with van der Waals surface area (Å²) in [7, 11) is 0. The fraction of sp³-hybridized carbons (Fsp3) is 0.600. The molecule has 6 nitrogen and oxygen atoms in total. The number of rotatable bonds is 1. The Morgan fingerprint density at radius 3 is 2.63 bits per heavy atom. The Morgan fingerprint density at radius 1 is 1.33 bits per heavy atom. The summed E-state index contributed by atoms with van der Waals surface area (Å²) in [5.74, 6) is -0.519. The topological polar surface area (TPSA) is 76.8 Å². The molecule has 0 aliphatic carbocycles. The molecule has 1 aromatic rings. The van der Waals surface area contributed by atoms with Crippen molar-refractivity contribution in [1.82, 2.24) is 9.80 Å². The summed E-state index contributed by atoms with van der Waals surface area (Å²) < 4.78 is 20.4. The quantitative estimate of drug-likeness (QED) is 0.816. The molecule has 2 aliphatic heterocycles. The summed E-state index contributed by atoms with van der Waals surface area (Å²) in [4.78, 5) is 15.1. The summed E-state index contributed by atoms with van der Waals surface area (Å²) >= 11 is 0. The average molecular weight is 375 g/mol. The van der Waals surface area contributed by atoms with E-state index >= 15 is 0 Å². The van der Waals surface area contributed by atoms with E-state index in [1.165, 1.54) is 11.0 Å². The molecule has 3 rings (SSSR count). The van der Waals surface area contributed by atoms with E-state index in [2.05, 4.69) is 25.7 Å². The molecule has 2 fully saturated rings. The Balaban J connectivity index is 1.94. The number of piperazine rings is 1. The van der Waals surface area contributed by atoms with Gasteiger partial charge in [-0.25, -0.2) is 9.18 Å². The summed E-state index contributed by atoms with van der Waals surface area (Å²) in [5, 5.41) is 18.6. The highest BCUT2D eigenvalue weighted by Crippen LogP contribution is 2.39. The van der Waals surface area contributed by atoms with Crippen molar-refractivity contribution >= 4 is 6.09 Å². The van der Waals surface area contributed by atoms with Crippen LogP contribution in [0.2, 0.25) is 0 Å². The molecule has 2 heterocycles. The minimum absolute atomic E-state index is 0.0257. The molecule has 0 saturated carbocycles. The van der Waals surface area contributed by atoms with Crippen molar-refractivity contribution < 1.29 is 19.0 Å². The Hall–Kier alpha value is -2.17. The fourth-order valence-corrected chi connectivity index (χ4v) is 4.19. The van der Waals surface area contributed by atoms with Crippen LogP contribution in [0.5, 0.6) is 0 Å². The largest absolute Gasteiger partial charge is 0.465 e. The van der Waals surface area contributed by atoms with Crippen molar-refractivity contribution in [2.75, 3.05) is 26.2 Å². The minimum Gasteiger partial charge on any atom is -0.465 e. The van der Waals surface area contributed by atoms with Crippen molar-refractivity contribution in [3.05, 3.63) is 34.6 Å². The molecule has 27 heavy (non-hydrogen) atoms. The van der Waals surface area contributed by atoms with Crippen molar-refractivity contribution in [1.29, 1.82) is 5.26 Å². The molecule has 0 spiro atoms. The number of amides is 1. The molecule has 1 N–H and O–H groups in total. The number of hydrogen-bond donors (Lipinski definition) is 1. The zero-order chi connectivity index (χ0) is 19.9.